The van der Waals surface area contributed by atoms with E-state index in [1.807, 2.05) is 19.1 Å². The van der Waals surface area contributed by atoms with Crippen LogP contribution in [0.5, 0.6) is 11.5 Å². The van der Waals surface area contributed by atoms with Crippen molar-refractivity contribution in [3.8, 4) is 11.5 Å². The van der Waals surface area contributed by atoms with Gasteiger partial charge in [0.1, 0.15) is 0 Å². The second kappa shape index (κ2) is 8.73. The third kappa shape index (κ3) is 4.73. The molecule has 2 N–H and O–H groups in total. The van der Waals surface area contributed by atoms with Crippen LogP contribution >= 0.6 is 0 Å². The van der Waals surface area contributed by atoms with Gasteiger partial charge < -0.3 is 20.1 Å². The van der Waals surface area contributed by atoms with E-state index in [4.69, 9.17) is 9.47 Å². The molecule has 0 saturated carbocycles. The Hall–Kier alpha value is -3.02. The topological polar surface area (TPSA) is 76.7 Å². The Kier molecular flexibility index (Phi) is 6.39. The number of rotatable bonds is 7. The average molecular weight is 342 g/mol. The molecule has 0 unspecified atom stereocenters. The van der Waals surface area contributed by atoms with Gasteiger partial charge in [0.15, 0.2) is 11.5 Å². The third-order valence-electron chi connectivity index (χ3n) is 3.62. The second-order valence-electron chi connectivity index (χ2n) is 5.26. The maximum Gasteiger partial charge on any atom is 0.251 e. The molecule has 0 bridgehead atoms. The zero-order valence-electron chi connectivity index (χ0n) is 14.6. The molecule has 25 heavy (non-hydrogen) atoms. The van der Waals surface area contributed by atoms with Crippen molar-refractivity contribution in [3.05, 3.63) is 59.2 Å². The summed E-state index contributed by atoms with van der Waals surface area (Å²) in [5, 5.41) is 5.42. The number of amides is 2. The minimum absolute atomic E-state index is 0.141. The van der Waals surface area contributed by atoms with Gasteiger partial charge in [0, 0.05) is 24.7 Å². The van der Waals surface area contributed by atoms with E-state index in [1.54, 1.807) is 44.5 Å². The predicted molar refractivity (Wildman–Crippen MR) is 95.2 cm³/mol. The molecule has 0 saturated heterocycles. The molecule has 0 aliphatic rings. The maximum absolute atomic E-state index is 12.3. The van der Waals surface area contributed by atoms with Crippen molar-refractivity contribution < 1.29 is 19.1 Å². The third-order valence-corrected chi connectivity index (χ3v) is 3.62. The van der Waals surface area contributed by atoms with Gasteiger partial charge in [0.25, 0.3) is 11.8 Å². The van der Waals surface area contributed by atoms with Crippen LogP contribution < -0.4 is 20.1 Å². The summed E-state index contributed by atoms with van der Waals surface area (Å²) in [6.07, 6.45) is 0. The number of carbonyl (C=O) groups excluding carboxylic acids is 2. The fraction of sp³-hybridized carbons (Fsp3) is 0.263. The lowest BCUT2D eigenvalue weighted by Crippen LogP contribution is -2.23. The number of ether oxygens (including phenoxy) is 2. The number of methoxy groups -OCH3 is 1. The van der Waals surface area contributed by atoms with Crippen molar-refractivity contribution >= 4 is 11.8 Å². The highest BCUT2D eigenvalue weighted by molar-refractivity contribution is 5.95. The molecule has 2 rings (SSSR count). The monoisotopic (exact) mass is 342 g/mol. The van der Waals surface area contributed by atoms with E-state index >= 15 is 0 Å². The molecule has 0 aromatic heterocycles. The molecule has 2 aromatic rings. The van der Waals surface area contributed by atoms with Crippen molar-refractivity contribution in [2.75, 3.05) is 20.8 Å². The van der Waals surface area contributed by atoms with E-state index in [2.05, 4.69) is 10.6 Å². The van der Waals surface area contributed by atoms with Gasteiger partial charge in [-0.2, -0.15) is 0 Å². The lowest BCUT2D eigenvalue weighted by Gasteiger charge is -2.11. The largest absolute Gasteiger partial charge is 0.493 e. The standard InChI is InChI=1S/C19H22N2O4/c1-4-25-17-11-15(9-10-16(17)24-3)19(23)21-12-13-5-7-14(8-6-13)18(22)20-2/h5-11H,4,12H2,1-3H3,(H,20,22)(H,21,23). The van der Waals surface area contributed by atoms with Gasteiger partial charge in [-0.15, -0.1) is 0 Å². The summed E-state index contributed by atoms with van der Waals surface area (Å²) in [4.78, 5) is 23.8. The van der Waals surface area contributed by atoms with Crippen LogP contribution in [0.1, 0.15) is 33.2 Å². The van der Waals surface area contributed by atoms with Crippen LogP contribution in [0, 0.1) is 0 Å². The highest BCUT2D eigenvalue weighted by Gasteiger charge is 2.11. The summed E-state index contributed by atoms with van der Waals surface area (Å²) >= 11 is 0. The number of nitrogens with one attached hydrogen (secondary N) is 2. The quantitative estimate of drug-likeness (QED) is 0.810. The highest BCUT2D eigenvalue weighted by Crippen LogP contribution is 2.28. The Morgan fingerprint density at radius 2 is 1.64 bits per heavy atom. The molecule has 0 aliphatic carbocycles. The zero-order valence-corrected chi connectivity index (χ0v) is 14.6. The zero-order chi connectivity index (χ0) is 18.2. The van der Waals surface area contributed by atoms with Gasteiger partial charge in [-0.3, -0.25) is 9.59 Å². The molecule has 2 aromatic carbocycles. The van der Waals surface area contributed by atoms with Crippen LogP contribution in [0.25, 0.3) is 0 Å². The Labute approximate surface area is 147 Å². The van der Waals surface area contributed by atoms with Crippen molar-refractivity contribution in [3.63, 3.8) is 0 Å². The Morgan fingerprint density at radius 1 is 0.960 bits per heavy atom. The SMILES string of the molecule is CCOc1cc(C(=O)NCc2ccc(C(=O)NC)cc2)ccc1OC. The van der Waals surface area contributed by atoms with Crippen LogP contribution in [-0.2, 0) is 6.54 Å². The lowest BCUT2D eigenvalue weighted by molar-refractivity contribution is 0.0945. The van der Waals surface area contributed by atoms with E-state index in [1.165, 1.54) is 0 Å². The summed E-state index contributed by atoms with van der Waals surface area (Å²) in [7, 11) is 3.14. The Bertz CT molecular complexity index is 742. The first-order valence-corrected chi connectivity index (χ1v) is 7.99. The first-order chi connectivity index (χ1) is 12.1. The number of hydrogen-bond acceptors (Lipinski definition) is 4. The molecule has 6 heteroatoms. The van der Waals surface area contributed by atoms with E-state index < -0.39 is 0 Å². The smallest absolute Gasteiger partial charge is 0.251 e. The Balaban J connectivity index is 2.02. The van der Waals surface area contributed by atoms with Crippen LogP contribution in [0.3, 0.4) is 0 Å². The molecule has 0 fully saturated rings. The van der Waals surface area contributed by atoms with E-state index in [0.29, 0.717) is 35.8 Å². The predicted octanol–water partition coefficient (Wildman–Crippen LogP) is 2.38. The summed E-state index contributed by atoms with van der Waals surface area (Å²) in [5.41, 5.74) is 1.97. The van der Waals surface area contributed by atoms with E-state index in [-0.39, 0.29) is 11.8 Å². The number of benzene rings is 2. The van der Waals surface area contributed by atoms with Crippen molar-refractivity contribution in [2.24, 2.45) is 0 Å². The molecule has 0 aliphatic heterocycles. The van der Waals surface area contributed by atoms with Crippen molar-refractivity contribution in [1.82, 2.24) is 10.6 Å². The van der Waals surface area contributed by atoms with Gasteiger partial charge in [0.05, 0.1) is 13.7 Å². The first kappa shape index (κ1) is 18.3. The van der Waals surface area contributed by atoms with Gasteiger partial charge in [0.2, 0.25) is 0 Å². The molecular weight excluding hydrogens is 320 g/mol. The molecule has 0 atom stereocenters. The minimum Gasteiger partial charge on any atom is -0.493 e. The average Bonchev–Trinajstić information content (AvgIpc) is 2.66. The Morgan fingerprint density at radius 3 is 2.24 bits per heavy atom. The van der Waals surface area contributed by atoms with E-state index in [9.17, 15) is 9.59 Å². The maximum atomic E-state index is 12.3. The van der Waals surface area contributed by atoms with Gasteiger partial charge >= 0.3 is 0 Å². The molecular formula is C19H22N2O4. The second-order valence-corrected chi connectivity index (χ2v) is 5.26. The minimum atomic E-state index is -0.209. The number of carbonyl (C=O) groups is 2. The van der Waals surface area contributed by atoms with Gasteiger partial charge in [-0.05, 0) is 42.8 Å². The molecule has 0 spiro atoms. The van der Waals surface area contributed by atoms with Crippen LogP contribution in [0.15, 0.2) is 42.5 Å². The van der Waals surface area contributed by atoms with Crippen molar-refractivity contribution in [1.29, 1.82) is 0 Å². The van der Waals surface area contributed by atoms with Crippen LogP contribution in [0.4, 0.5) is 0 Å². The van der Waals surface area contributed by atoms with Crippen LogP contribution in [0.2, 0.25) is 0 Å². The molecule has 132 valence electrons. The summed E-state index contributed by atoms with van der Waals surface area (Å²) < 4.78 is 10.7. The molecule has 6 nitrogen and oxygen atoms in total. The fourth-order valence-electron chi connectivity index (χ4n) is 2.29. The van der Waals surface area contributed by atoms with Gasteiger partial charge in [-0.1, -0.05) is 12.1 Å². The summed E-state index contributed by atoms with van der Waals surface area (Å²) in [6, 6.07) is 12.1. The summed E-state index contributed by atoms with van der Waals surface area (Å²) in [5.74, 6) is 0.770. The molecule has 2 amide bonds. The number of hydrogen-bond donors (Lipinski definition) is 2. The normalized spacial score (nSPS) is 10.0. The molecule has 0 radical (unpaired) electrons. The van der Waals surface area contributed by atoms with E-state index in [0.717, 1.165) is 5.56 Å². The van der Waals surface area contributed by atoms with Crippen molar-refractivity contribution in [2.45, 2.75) is 13.5 Å². The molecule has 0 heterocycles. The summed E-state index contributed by atoms with van der Waals surface area (Å²) in [6.45, 7) is 2.72. The first-order valence-electron chi connectivity index (χ1n) is 7.99. The lowest BCUT2D eigenvalue weighted by atomic mass is 10.1. The highest BCUT2D eigenvalue weighted by atomic mass is 16.5. The van der Waals surface area contributed by atoms with Gasteiger partial charge in [-0.25, -0.2) is 0 Å². The fourth-order valence-corrected chi connectivity index (χ4v) is 2.29. The van der Waals surface area contributed by atoms with Crippen LogP contribution in [-0.4, -0.2) is 32.6 Å².